The molecule has 60 valence electrons. The molecule has 0 saturated heterocycles. The minimum absolute atomic E-state index is 0.562. The Kier molecular flexibility index (Phi) is 2.60. The summed E-state index contributed by atoms with van der Waals surface area (Å²) >= 11 is 5.80. The van der Waals surface area contributed by atoms with Crippen molar-refractivity contribution in [3.8, 4) is 11.5 Å². The van der Waals surface area contributed by atoms with Gasteiger partial charge in [0.15, 0.2) is 11.5 Å². The largest absolute Gasteiger partial charge is 0.493 e. The van der Waals surface area contributed by atoms with Crippen LogP contribution in [-0.2, 0) is 0 Å². The number of para-hydroxylation sites is 1. The summed E-state index contributed by atoms with van der Waals surface area (Å²) in [7, 11) is 3.14. The highest BCUT2D eigenvalue weighted by Gasteiger charge is 2.05. The maximum Gasteiger partial charge on any atom is 0.179 e. The van der Waals surface area contributed by atoms with Gasteiger partial charge < -0.3 is 9.47 Å². The normalized spacial score (nSPS) is 9.36. The topological polar surface area (TPSA) is 18.5 Å². The average Bonchev–Trinajstić information content (AvgIpc) is 2.04. The van der Waals surface area contributed by atoms with Crippen LogP contribution < -0.4 is 9.47 Å². The van der Waals surface area contributed by atoms with Gasteiger partial charge in [0.2, 0.25) is 0 Å². The van der Waals surface area contributed by atoms with Crippen LogP contribution in [0.2, 0.25) is 5.02 Å². The van der Waals surface area contributed by atoms with Crippen LogP contribution in [0.1, 0.15) is 0 Å². The molecule has 0 aliphatic heterocycles. The standard InChI is InChI=1S/C8H9ClO2/c1-10-7-5-3-4-6(9)8(7)11-2/h3-5H,1-2H3. The van der Waals surface area contributed by atoms with Crippen molar-refractivity contribution in [2.75, 3.05) is 14.2 Å². The van der Waals surface area contributed by atoms with E-state index in [1.807, 2.05) is 6.07 Å². The molecule has 0 aliphatic carbocycles. The number of methoxy groups -OCH3 is 2. The summed E-state index contributed by atoms with van der Waals surface area (Å²) in [6.45, 7) is 0. The molecule has 1 aromatic carbocycles. The minimum Gasteiger partial charge on any atom is -0.493 e. The summed E-state index contributed by atoms with van der Waals surface area (Å²) in [5.74, 6) is 1.23. The zero-order valence-electron chi connectivity index (χ0n) is 6.43. The lowest BCUT2D eigenvalue weighted by Crippen LogP contribution is -1.89. The smallest absolute Gasteiger partial charge is 0.179 e. The lowest BCUT2D eigenvalue weighted by Gasteiger charge is -2.07. The van der Waals surface area contributed by atoms with Gasteiger partial charge in [-0.25, -0.2) is 0 Å². The van der Waals surface area contributed by atoms with Crippen molar-refractivity contribution in [3.63, 3.8) is 0 Å². The van der Waals surface area contributed by atoms with Gasteiger partial charge in [0.25, 0.3) is 0 Å². The van der Waals surface area contributed by atoms with Gasteiger partial charge in [0.1, 0.15) is 0 Å². The van der Waals surface area contributed by atoms with Crippen LogP contribution in [0, 0.1) is 0 Å². The van der Waals surface area contributed by atoms with E-state index >= 15 is 0 Å². The van der Waals surface area contributed by atoms with Crippen molar-refractivity contribution in [2.24, 2.45) is 0 Å². The van der Waals surface area contributed by atoms with Gasteiger partial charge in [-0.15, -0.1) is 0 Å². The van der Waals surface area contributed by atoms with E-state index < -0.39 is 0 Å². The van der Waals surface area contributed by atoms with Crippen molar-refractivity contribution < 1.29 is 9.47 Å². The molecule has 0 radical (unpaired) electrons. The number of hydrogen-bond donors (Lipinski definition) is 0. The van der Waals surface area contributed by atoms with Crippen LogP contribution in [0.3, 0.4) is 0 Å². The van der Waals surface area contributed by atoms with Gasteiger partial charge in [-0.05, 0) is 12.1 Å². The third-order valence-corrected chi connectivity index (χ3v) is 1.65. The van der Waals surface area contributed by atoms with Crippen LogP contribution in [-0.4, -0.2) is 14.2 Å². The molecule has 0 aliphatic rings. The van der Waals surface area contributed by atoms with Crippen LogP contribution in [0.4, 0.5) is 0 Å². The number of rotatable bonds is 2. The van der Waals surface area contributed by atoms with Crippen LogP contribution in [0.5, 0.6) is 11.5 Å². The first-order valence-electron chi connectivity index (χ1n) is 3.16. The predicted octanol–water partition coefficient (Wildman–Crippen LogP) is 2.36. The first kappa shape index (κ1) is 8.21. The summed E-state index contributed by atoms with van der Waals surface area (Å²) in [6.07, 6.45) is 0. The molecule has 2 nitrogen and oxygen atoms in total. The SMILES string of the molecule is COc1cccc(Cl)c1OC. The Morgan fingerprint density at radius 3 is 2.36 bits per heavy atom. The van der Waals surface area contributed by atoms with E-state index in [2.05, 4.69) is 0 Å². The Morgan fingerprint density at radius 1 is 1.18 bits per heavy atom. The average molecular weight is 173 g/mol. The maximum absolute atomic E-state index is 5.80. The highest BCUT2D eigenvalue weighted by atomic mass is 35.5. The Morgan fingerprint density at radius 2 is 1.91 bits per heavy atom. The molecule has 0 unspecified atom stereocenters. The molecular weight excluding hydrogens is 164 g/mol. The second kappa shape index (κ2) is 3.49. The molecular formula is C8H9ClO2. The van der Waals surface area contributed by atoms with Gasteiger partial charge in [-0.3, -0.25) is 0 Å². The molecule has 0 aromatic heterocycles. The highest BCUT2D eigenvalue weighted by Crippen LogP contribution is 2.33. The van der Waals surface area contributed by atoms with Gasteiger partial charge in [-0.2, -0.15) is 0 Å². The molecule has 1 rings (SSSR count). The number of ether oxygens (including phenoxy) is 2. The number of halogens is 1. The molecule has 0 heterocycles. The number of benzene rings is 1. The highest BCUT2D eigenvalue weighted by molar-refractivity contribution is 6.32. The number of hydrogen-bond acceptors (Lipinski definition) is 2. The maximum atomic E-state index is 5.80. The monoisotopic (exact) mass is 172 g/mol. The summed E-state index contributed by atoms with van der Waals surface area (Å²) in [6, 6.07) is 5.36. The van der Waals surface area contributed by atoms with Gasteiger partial charge in [0.05, 0.1) is 19.2 Å². The first-order valence-corrected chi connectivity index (χ1v) is 3.54. The molecule has 0 N–H and O–H groups in total. The summed E-state index contributed by atoms with van der Waals surface area (Å²) in [5.41, 5.74) is 0. The fourth-order valence-electron chi connectivity index (χ4n) is 0.848. The predicted molar refractivity (Wildman–Crippen MR) is 44.6 cm³/mol. The van der Waals surface area contributed by atoms with Crippen LogP contribution >= 0.6 is 11.6 Å². The minimum atomic E-state index is 0.562. The molecule has 0 bridgehead atoms. The summed E-state index contributed by atoms with van der Waals surface area (Å²) in [4.78, 5) is 0. The van der Waals surface area contributed by atoms with E-state index in [4.69, 9.17) is 21.1 Å². The van der Waals surface area contributed by atoms with E-state index in [1.54, 1.807) is 26.4 Å². The quantitative estimate of drug-likeness (QED) is 0.682. The molecule has 11 heavy (non-hydrogen) atoms. The van der Waals surface area contributed by atoms with E-state index in [9.17, 15) is 0 Å². The molecule has 0 atom stereocenters. The van der Waals surface area contributed by atoms with Crippen LogP contribution in [0.15, 0.2) is 18.2 Å². The second-order valence-electron chi connectivity index (χ2n) is 1.98. The van der Waals surface area contributed by atoms with E-state index in [1.165, 1.54) is 0 Å². The summed E-state index contributed by atoms with van der Waals surface area (Å²) < 4.78 is 10.0. The lowest BCUT2D eigenvalue weighted by atomic mass is 10.3. The Labute approximate surface area is 70.7 Å². The molecule has 0 fully saturated rings. The zero-order valence-corrected chi connectivity index (χ0v) is 7.18. The fourth-order valence-corrected chi connectivity index (χ4v) is 1.09. The van der Waals surface area contributed by atoms with Crippen molar-refractivity contribution in [1.82, 2.24) is 0 Å². The Bertz CT molecular complexity index is 248. The molecule has 3 heteroatoms. The zero-order chi connectivity index (χ0) is 8.27. The van der Waals surface area contributed by atoms with Gasteiger partial charge in [0, 0.05) is 0 Å². The van der Waals surface area contributed by atoms with Crippen molar-refractivity contribution >= 4 is 11.6 Å². The van der Waals surface area contributed by atoms with E-state index in [0.29, 0.717) is 16.5 Å². The van der Waals surface area contributed by atoms with Crippen LogP contribution in [0.25, 0.3) is 0 Å². The third-order valence-electron chi connectivity index (χ3n) is 1.35. The third kappa shape index (κ3) is 1.57. The van der Waals surface area contributed by atoms with Crippen molar-refractivity contribution in [3.05, 3.63) is 23.2 Å². The molecule has 0 saturated carbocycles. The Hall–Kier alpha value is -0.890. The van der Waals surface area contributed by atoms with E-state index in [0.717, 1.165) is 0 Å². The van der Waals surface area contributed by atoms with Gasteiger partial charge in [-0.1, -0.05) is 17.7 Å². The summed E-state index contributed by atoms with van der Waals surface area (Å²) in [5, 5.41) is 0.562. The first-order chi connectivity index (χ1) is 5.29. The van der Waals surface area contributed by atoms with E-state index in [-0.39, 0.29) is 0 Å². The van der Waals surface area contributed by atoms with Crippen molar-refractivity contribution in [1.29, 1.82) is 0 Å². The lowest BCUT2D eigenvalue weighted by molar-refractivity contribution is 0.355. The second-order valence-corrected chi connectivity index (χ2v) is 2.38. The molecule has 0 spiro atoms. The molecule has 0 amide bonds. The van der Waals surface area contributed by atoms with Gasteiger partial charge >= 0.3 is 0 Å². The molecule has 1 aromatic rings. The van der Waals surface area contributed by atoms with Crippen molar-refractivity contribution in [2.45, 2.75) is 0 Å². The Balaban J connectivity index is 3.13. The fraction of sp³-hybridized carbons (Fsp3) is 0.250.